The molecule has 126 valence electrons. The summed E-state index contributed by atoms with van der Waals surface area (Å²) >= 11 is 0. The van der Waals surface area contributed by atoms with E-state index in [-0.39, 0.29) is 0 Å². The Hall–Kier alpha value is -0.610. The van der Waals surface area contributed by atoms with Crippen molar-refractivity contribution in [1.29, 1.82) is 0 Å². The Kier molecular flexibility index (Phi) is 4.79. The molecule has 2 heterocycles. The molecule has 3 rings (SSSR count). The summed E-state index contributed by atoms with van der Waals surface area (Å²) in [7, 11) is 2.18. The van der Waals surface area contributed by atoms with Gasteiger partial charge in [-0.1, -0.05) is 0 Å². The van der Waals surface area contributed by atoms with E-state index in [9.17, 15) is 4.79 Å². The number of likely N-dealkylation sites (N-methyl/N-ethyl adjacent to an activating group) is 1. The van der Waals surface area contributed by atoms with E-state index in [0.717, 1.165) is 51.9 Å². The van der Waals surface area contributed by atoms with Gasteiger partial charge >= 0.3 is 0 Å². The summed E-state index contributed by atoms with van der Waals surface area (Å²) in [5.74, 6) is 0.788. The normalized spacial score (nSPS) is 28.6. The van der Waals surface area contributed by atoms with Crippen LogP contribution in [-0.2, 0) is 9.53 Å². The minimum Gasteiger partial charge on any atom is -0.376 e. The maximum atomic E-state index is 12.2. The average molecular weight is 308 g/mol. The number of ether oxygens (including phenoxy) is 1. The van der Waals surface area contributed by atoms with Gasteiger partial charge in [0.2, 0.25) is 5.91 Å². The number of likely N-dealkylation sites (tertiary alicyclic amines) is 1. The molecule has 1 aliphatic carbocycles. The molecule has 1 saturated carbocycles. The molecular weight excluding hydrogens is 276 g/mol. The largest absolute Gasteiger partial charge is 0.376 e. The van der Waals surface area contributed by atoms with Crippen LogP contribution >= 0.6 is 0 Å². The molecule has 22 heavy (non-hydrogen) atoms. The van der Waals surface area contributed by atoms with Crippen LogP contribution in [0.2, 0.25) is 0 Å². The summed E-state index contributed by atoms with van der Waals surface area (Å²) < 4.78 is 6.20. The molecule has 0 aromatic rings. The maximum absolute atomic E-state index is 12.2. The van der Waals surface area contributed by atoms with E-state index in [4.69, 9.17) is 4.74 Å². The van der Waals surface area contributed by atoms with Crippen molar-refractivity contribution in [1.82, 2.24) is 9.80 Å². The van der Waals surface area contributed by atoms with Crippen molar-refractivity contribution < 1.29 is 9.53 Å². The number of carbonyl (C=O) groups excluding carboxylic acids is 1. The van der Waals surface area contributed by atoms with E-state index in [1.807, 2.05) is 0 Å². The summed E-state index contributed by atoms with van der Waals surface area (Å²) in [6.07, 6.45) is 7.35. The van der Waals surface area contributed by atoms with Gasteiger partial charge < -0.3 is 14.5 Å². The second-order valence-electron chi connectivity index (χ2n) is 8.10. The van der Waals surface area contributed by atoms with Gasteiger partial charge in [-0.2, -0.15) is 0 Å². The van der Waals surface area contributed by atoms with Crippen molar-refractivity contribution in [2.45, 2.75) is 64.5 Å². The standard InChI is InChI=1S/C18H32N2O2/c1-14(2)19(3)12-16-6-7-18(13-22-16)8-10-20(11-9-18)17(21)15-4-5-15/h14-16H,4-13H2,1-3H3. The van der Waals surface area contributed by atoms with Gasteiger partial charge in [0.25, 0.3) is 0 Å². The Labute approximate surface area is 135 Å². The highest BCUT2D eigenvalue weighted by Gasteiger charge is 2.42. The number of piperidine rings is 1. The smallest absolute Gasteiger partial charge is 0.225 e. The second-order valence-corrected chi connectivity index (χ2v) is 8.10. The van der Waals surface area contributed by atoms with Crippen LogP contribution in [0.25, 0.3) is 0 Å². The molecule has 1 amide bonds. The summed E-state index contributed by atoms with van der Waals surface area (Å²) in [6.45, 7) is 8.31. The fraction of sp³-hybridized carbons (Fsp3) is 0.944. The third-order valence-corrected chi connectivity index (χ3v) is 6.06. The zero-order chi connectivity index (χ0) is 15.7. The molecule has 1 unspecified atom stereocenters. The monoisotopic (exact) mass is 308 g/mol. The molecular formula is C18H32N2O2. The highest BCUT2D eigenvalue weighted by Crippen LogP contribution is 2.42. The van der Waals surface area contributed by atoms with Crippen LogP contribution in [0.15, 0.2) is 0 Å². The number of carbonyl (C=O) groups is 1. The number of nitrogens with zero attached hydrogens (tertiary/aromatic N) is 2. The van der Waals surface area contributed by atoms with Crippen molar-refractivity contribution in [2.75, 3.05) is 33.3 Å². The lowest BCUT2D eigenvalue weighted by Crippen LogP contribution is -2.49. The average Bonchev–Trinajstić information content (AvgIpc) is 3.34. The Morgan fingerprint density at radius 1 is 1.23 bits per heavy atom. The maximum Gasteiger partial charge on any atom is 0.225 e. The molecule has 1 spiro atoms. The Morgan fingerprint density at radius 2 is 1.91 bits per heavy atom. The van der Waals surface area contributed by atoms with Gasteiger partial charge in [0.15, 0.2) is 0 Å². The first-order valence-electron chi connectivity index (χ1n) is 9.10. The van der Waals surface area contributed by atoms with Gasteiger partial charge in [0, 0.05) is 31.6 Å². The third-order valence-electron chi connectivity index (χ3n) is 6.06. The molecule has 2 aliphatic heterocycles. The van der Waals surface area contributed by atoms with Gasteiger partial charge in [-0.3, -0.25) is 4.79 Å². The van der Waals surface area contributed by atoms with Crippen LogP contribution in [-0.4, -0.2) is 61.1 Å². The highest BCUT2D eigenvalue weighted by atomic mass is 16.5. The van der Waals surface area contributed by atoms with Crippen LogP contribution in [0.1, 0.15) is 52.4 Å². The number of hydrogen-bond acceptors (Lipinski definition) is 3. The molecule has 0 bridgehead atoms. The Morgan fingerprint density at radius 3 is 2.41 bits per heavy atom. The molecule has 4 heteroatoms. The summed E-state index contributed by atoms with van der Waals surface area (Å²) in [5.41, 5.74) is 0.354. The lowest BCUT2D eigenvalue weighted by molar-refractivity contribution is -0.139. The first kappa shape index (κ1) is 16.3. The molecule has 4 nitrogen and oxygen atoms in total. The predicted molar refractivity (Wildman–Crippen MR) is 87.7 cm³/mol. The molecule has 0 aromatic heterocycles. The second kappa shape index (κ2) is 6.48. The molecule has 0 aromatic carbocycles. The zero-order valence-corrected chi connectivity index (χ0v) is 14.5. The highest BCUT2D eigenvalue weighted by molar-refractivity contribution is 5.81. The van der Waals surface area contributed by atoms with E-state index in [1.54, 1.807) is 0 Å². The van der Waals surface area contributed by atoms with Crippen molar-refractivity contribution >= 4 is 5.91 Å². The molecule has 1 atom stereocenters. The minimum atomic E-state index is 0.354. The molecule has 2 saturated heterocycles. The lowest BCUT2D eigenvalue weighted by atomic mass is 9.73. The fourth-order valence-electron chi connectivity index (χ4n) is 3.78. The van der Waals surface area contributed by atoms with Gasteiger partial charge in [0.1, 0.15) is 0 Å². The third kappa shape index (κ3) is 3.65. The van der Waals surface area contributed by atoms with Crippen molar-refractivity contribution in [3.05, 3.63) is 0 Å². The van der Waals surface area contributed by atoms with Crippen LogP contribution in [0, 0.1) is 11.3 Å². The van der Waals surface area contributed by atoms with Gasteiger partial charge in [-0.25, -0.2) is 0 Å². The number of rotatable bonds is 4. The Bertz CT molecular complexity index is 388. The summed E-state index contributed by atoms with van der Waals surface area (Å²) in [4.78, 5) is 16.6. The SMILES string of the molecule is CC(C)N(C)CC1CCC2(CCN(C(=O)C3CC3)CC2)CO1. The van der Waals surface area contributed by atoms with Crippen LogP contribution in [0.5, 0.6) is 0 Å². The van der Waals surface area contributed by atoms with Gasteiger partial charge in [-0.05, 0) is 64.8 Å². The first-order chi connectivity index (χ1) is 10.5. The molecule has 0 radical (unpaired) electrons. The van der Waals surface area contributed by atoms with Crippen molar-refractivity contribution in [3.8, 4) is 0 Å². The van der Waals surface area contributed by atoms with Gasteiger partial charge in [0.05, 0.1) is 12.7 Å². The fourth-order valence-corrected chi connectivity index (χ4v) is 3.78. The quantitative estimate of drug-likeness (QED) is 0.800. The van der Waals surface area contributed by atoms with E-state index in [1.165, 1.54) is 12.8 Å². The summed E-state index contributed by atoms with van der Waals surface area (Å²) in [5, 5.41) is 0. The van der Waals surface area contributed by atoms with Crippen LogP contribution in [0.3, 0.4) is 0 Å². The van der Waals surface area contributed by atoms with Crippen LogP contribution < -0.4 is 0 Å². The first-order valence-corrected chi connectivity index (χ1v) is 9.10. The molecule has 0 N–H and O–H groups in total. The zero-order valence-electron chi connectivity index (χ0n) is 14.5. The predicted octanol–water partition coefficient (Wildman–Crippen LogP) is 2.52. The van der Waals surface area contributed by atoms with E-state index >= 15 is 0 Å². The van der Waals surface area contributed by atoms with Gasteiger partial charge in [-0.15, -0.1) is 0 Å². The molecule has 3 aliphatic rings. The van der Waals surface area contributed by atoms with Crippen molar-refractivity contribution in [2.24, 2.45) is 11.3 Å². The van der Waals surface area contributed by atoms with E-state index in [0.29, 0.717) is 29.4 Å². The molecule has 3 fully saturated rings. The topological polar surface area (TPSA) is 32.8 Å². The van der Waals surface area contributed by atoms with E-state index < -0.39 is 0 Å². The van der Waals surface area contributed by atoms with E-state index in [2.05, 4.69) is 30.7 Å². The van der Waals surface area contributed by atoms with Crippen molar-refractivity contribution in [3.63, 3.8) is 0 Å². The summed E-state index contributed by atoms with van der Waals surface area (Å²) in [6, 6.07) is 0.580. The minimum absolute atomic E-state index is 0.354. The lowest BCUT2D eigenvalue weighted by Gasteiger charge is -2.46. The number of amides is 1. The number of hydrogen-bond donors (Lipinski definition) is 0. The Balaban J connectivity index is 1.44. The van der Waals surface area contributed by atoms with Crippen LogP contribution in [0.4, 0.5) is 0 Å².